The fourth-order valence-corrected chi connectivity index (χ4v) is 1.49. The Bertz CT molecular complexity index is 622. The number of amides is 1. The van der Waals surface area contributed by atoms with Crippen LogP contribution >= 0.6 is 0 Å². The highest BCUT2D eigenvalue weighted by molar-refractivity contribution is 5.67. The summed E-state index contributed by atoms with van der Waals surface area (Å²) >= 11 is 0. The minimum absolute atomic E-state index is 0.129. The molecule has 0 aliphatic rings. The van der Waals surface area contributed by atoms with Gasteiger partial charge in [0.15, 0.2) is 0 Å². The second-order valence-electron chi connectivity index (χ2n) is 5.67. The number of hydrogen-bond acceptors (Lipinski definition) is 2. The van der Waals surface area contributed by atoms with E-state index in [-0.39, 0.29) is 18.5 Å². The lowest BCUT2D eigenvalue weighted by Crippen LogP contribution is -2.32. The molecule has 0 bridgehead atoms. The molecule has 0 saturated heterocycles. The van der Waals surface area contributed by atoms with Crippen LogP contribution in [0.3, 0.4) is 0 Å². The van der Waals surface area contributed by atoms with Crippen molar-refractivity contribution in [2.24, 2.45) is 0 Å². The van der Waals surface area contributed by atoms with Gasteiger partial charge in [0.05, 0.1) is 11.1 Å². The molecule has 126 valence electrons. The highest BCUT2D eigenvalue weighted by Gasteiger charge is 2.31. The maximum absolute atomic E-state index is 13.5. The Morgan fingerprint density at radius 3 is 2.43 bits per heavy atom. The molecule has 0 radical (unpaired) electrons. The summed E-state index contributed by atoms with van der Waals surface area (Å²) in [6.07, 6.45) is -4.98. The monoisotopic (exact) mass is 331 g/mol. The van der Waals surface area contributed by atoms with E-state index in [4.69, 9.17) is 4.74 Å². The van der Waals surface area contributed by atoms with Crippen LogP contribution < -0.4 is 5.32 Å². The van der Waals surface area contributed by atoms with Crippen LogP contribution in [0.25, 0.3) is 0 Å². The van der Waals surface area contributed by atoms with Gasteiger partial charge in [-0.3, -0.25) is 0 Å². The zero-order valence-electron chi connectivity index (χ0n) is 13.0. The van der Waals surface area contributed by atoms with Crippen LogP contribution in [0.5, 0.6) is 0 Å². The number of rotatable bonds is 2. The van der Waals surface area contributed by atoms with Crippen molar-refractivity contribution in [2.45, 2.75) is 39.0 Å². The van der Waals surface area contributed by atoms with Crippen LogP contribution in [0, 0.1) is 17.7 Å². The molecule has 1 aromatic rings. The summed E-state index contributed by atoms with van der Waals surface area (Å²) in [5.74, 6) is 3.97. The van der Waals surface area contributed by atoms with Gasteiger partial charge in [-0.15, -0.1) is 0 Å². The van der Waals surface area contributed by atoms with E-state index in [9.17, 15) is 22.4 Å². The van der Waals surface area contributed by atoms with E-state index in [0.29, 0.717) is 6.07 Å². The molecule has 23 heavy (non-hydrogen) atoms. The van der Waals surface area contributed by atoms with Crippen LogP contribution in [-0.4, -0.2) is 18.2 Å². The molecule has 0 aliphatic heterocycles. The van der Waals surface area contributed by atoms with E-state index in [2.05, 4.69) is 17.2 Å². The molecule has 0 atom stereocenters. The lowest BCUT2D eigenvalue weighted by Gasteiger charge is -2.19. The third-order valence-corrected chi connectivity index (χ3v) is 2.44. The van der Waals surface area contributed by atoms with Gasteiger partial charge in [-0.2, -0.15) is 13.2 Å². The standard InChI is InChI=1S/C16H17F4NO2/c1-15(2,3)23-14(22)21-9-5-4-6-11-7-8-12(10-13(11)17)16(18,19)20/h7-8,10H,5,9H2,1-3H3,(H,21,22). The molecule has 1 amide bonds. The lowest BCUT2D eigenvalue weighted by molar-refractivity contribution is -0.137. The van der Waals surface area contributed by atoms with E-state index in [1.54, 1.807) is 20.8 Å². The van der Waals surface area contributed by atoms with Crippen LogP contribution in [0.1, 0.15) is 38.3 Å². The topological polar surface area (TPSA) is 38.3 Å². The fourth-order valence-electron chi connectivity index (χ4n) is 1.49. The van der Waals surface area contributed by atoms with Crippen LogP contribution in [-0.2, 0) is 10.9 Å². The number of nitrogens with one attached hydrogen (secondary N) is 1. The van der Waals surface area contributed by atoms with E-state index in [1.165, 1.54) is 0 Å². The largest absolute Gasteiger partial charge is 0.444 e. The zero-order chi connectivity index (χ0) is 17.7. The summed E-state index contributed by atoms with van der Waals surface area (Å²) in [6.45, 7) is 5.35. The molecule has 0 aliphatic carbocycles. The second-order valence-corrected chi connectivity index (χ2v) is 5.67. The quantitative estimate of drug-likeness (QED) is 0.503. The lowest BCUT2D eigenvalue weighted by atomic mass is 10.1. The molecule has 1 N–H and O–H groups in total. The van der Waals surface area contributed by atoms with Gasteiger partial charge in [0.25, 0.3) is 0 Å². The molecule has 0 unspecified atom stereocenters. The van der Waals surface area contributed by atoms with Crippen LogP contribution in [0.4, 0.5) is 22.4 Å². The summed E-state index contributed by atoms with van der Waals surface area (Å²) in [6, 6.07) is 2.15. The van der Waals surface area contributed by atoms with Gasteiger partial charge in [-0.1, -0.05) is 11.8 Å². The highest BCUT2D eigenvalue weighted by atomic mass is 19.4. The Balaban J connectivity index is 2.53. The third kappa shape index (κ3) is 7.04. The summed E-state index contributed by atoms with van der Waals surface area (Å²) in [7, 11) is 0. The first-order valence-electron chi connectivity index (χ1n) is 6.81. The van der Waals surface area contributed by atoms with Crippen molar-refractivity contribution >= 4 is 6.09 Å². The molecule has 0 heterocycles. The number of alkyl halides is 3. The van der Waals surface area contributed by atoms with Crippen molar-refractivity contribution < 1.29 is 27.1 Å². The first-order chi connectivity index (χ1) is 10.5. The summed E-state index contributed by atoms with van der Waals surface area (Å²) in [5.41, 5.74) is -1.80. The Hall–Kier alpha value is -2.23. The normalized spacial score (nSPS) is 11.4. The minimum Gasteiger partial charge on any atom is -0.444 e. The molecule has 0 aromatic heterocycles. The molecule has 1 rings (SSSR count). The molecule has 3 nitrogen and oxygen atoms in total. The molecule has 7 heteroatoms. The fraction of sp³-hybridized carbons (Fsp3) is 0.438. The summed E-state index contributed by atoms with van der Waals surface area (Å²) < 4.78 is 55.7. The van der Waals surface area contributed by atoms with Crippen molar-refractivity contribution in [1.82, 2.24) is 5.32 Å². The number of alkyl carbamates (subject to hydrolysis) is 1. The molecule has 0 saturated carbocycles. The molecular formula is C16H17F4NO2. The number of hydrogen-bond donors (Lipinski definition) is 1. The molecular weight excluding hydrogens is 314 g/mol. The van der Waals surface area contributed by atoms with E-state index in [1.807, 2.05) is 0 Å². The Kier molecular flexibility index (Phi) is 6.02. The van der Waals surface area contributed by atoms with Gasteiger partial charge in [0.1, 0.15) is 11.4 Å². The first kappa shape index (κ1) is 18.8. The van der Waals surface area contributed by atoms with Gasteiger partial charge in [-0.05, 0) is 39.0 Å². The van der Waals surface area contributed by atoms with Crippen molar-refractivity contribution in [3.8, 4) is 11.8 Å². The van der Waals surface area contributed by atoms with Gasteiger partial charge in [0, 0.05) is 13.0 Å². The molecule has 0 fully saturated rings. The summed E-state index contributed by atoms with van der Waals surface area (Å²) in [4.78, 5) is 11.3. The molecule has 0 spiro atoms. The van der Waals surface area contributed by atoms with Crippen LogP contribution in [0.15, 0.2) is 18.2 Å². The number of carbonyl (C=O) groups is 1. The predicted octanol–water partition coefficient (Wildman–Crippen LogP) is 4.11. The second kappa shape index (κ2) is 7.36. The van der Waals surface area contributed by atoms with Gasteiger partial charge < -0.3 is 10.1 Å². The number of ether oxygens (including phenoxy) is 1. The highest BCUT2D eigenvalue weighted by Crippen LogP contribution is 2.30. The van der Waals surface area contributed by atoms with Crippen molar-refractivity contribution in [2.75, 3.05) is 6.54 Å². The summed E-state index contributed by atoms with van der Waals surface area (Å²) in [5, 5.41) is 2.46. The van der Waals surface area contributed by atoms with Gasteiger partial charge in [-0.25, -0.2) is 9.18 Å². The number of benzene rings is 1. The van der Waals surface area contributed by atoms with E-state index in [0.717, 1.165) is 12.1 Å². The Labute approximate surface area is 132 Å². The average molecular weight is 331 g/mol. The van der Waals surface area contributed by atoms with Crippen molar-refractivity contribution in [3.05, 3.63) is 35.1 Å². The number of carbonyl (C=O) groups excluding carboxylic acids is 1. The third-order valence-electron chi connectivity index (χ3n) is 2.44. The smallest absolute Gasteiger partial charge is 0.416 e. The SMILES string of the molecule is CC(C)(C)OC(=O)NCCC#Cc1ccc(C(F)(F)F)cc1F. The zero-order valence-corrected chi connectivity index (χ0v) is 13.0. The van der Waals surface area contributed by atoms with Crippen molar-refractivity contribution in [3.63, 3.8) is 0 Å². The van der Waals surface area contributed by atoms with Gasteiger partial charge in [0.2, 0.25) is 0 Å². The average Bonchev–Trinajstić information content (AvgIpc) is 2.36. The van der Waals surface area contributed by atoms with E-state index >= 15 is 0 Å². The van der Waals surface area contributed by atoms with Gasteiger partial charge >= 0.3 is 12.3 Å². The number of halogens is 4. The maximum Gasteiger partial charge on any atom is 0.416 e. The van der Waals surface area contributed by atoms with E-state index < -0.39 is 29.3 Å². The minimum atomic E-state index is -4.59. The first-order valence-corrected chi connectivity index (χ1v) is 6.81. The maximum atomic E-state index is 13.5. The molecule has 1 aromatic carbocycles. The Morgan fingerprint density at radius 1 is 1.26 bits per heavy atom. The Morgan fingerprint density at radius 2 is 1.91 bits per heavy atom. The van der Waals surface area contributed by atoms with Crippen molar-refractivity contribution in [1.29, 1.82) is 0 Å². The predicted molar refractivity (Wildman–Crippen MR) is 77.1 cm³/mol. The van der Waals surface area contributed by atoms with Crippen LogP contribution in [0.2, 0.25) is 0 Å².